The van der Waals surface area contributed by atoms with Crippen LogP contribution in [0.5, 0.6) is 0 Å². The van der Waals surface area contributed by atoms with E-state index in [1.165, 1.54) is 0 Å². The number of fused-ring (bicyclic) bond motifs is 1. The van der Waals surface area contributed by atoms with Gasteiger partial charge < -0.3 is 10.2 Å². The number of hydrogen-bond acceptors (Lipinski definition) is 3. The summed E-state index contributed by atoms with van der Waals surface area (Å²) in [7, 11) is 0. The molecule has 1 aromatic rings. The molecule has 2 aliphatic heterocycles. The lowest BCUT2D eigenvalue weighted by atomic mass is 9.97. The number of anilines is 1. The Morgan fingerprint density at radius 2 is 2.00 bits per heavy atom. The summed E-state index contributed by atoms with van der Waals surface area (Å²) < 4.78 is 0.893. The minimum atomic E-state index is -0.383. The fourth-order valence-electron chi connectivity index (χ4n) is 2.77. The Morgan fingerprint density at radius 1 is 1.26 bits per heavy atom. The SMILES string of the molecule is O=C1C(=O)N(CC2CCNCC2)c2cc(Br)ccc21. The summed E-state index contributed by atoms with van der Waals surface area (Å²) in [6, 6.07) is 5.39. The van der Waals surface area contributed by atoms with E-state index < -0.39 is 0 Å². The highest BCUT2D eigenvalue weighted by molar-refractivity contribution is 9.10. The third-order valence-electron chi connectivity index (χ3n) is 3.83. The molecule has 5 heteroatoms. The molecule has 0 spiro atoms. The van der Waals surface area contributed by atoms with E-state index in [1.54, 1.807) is 17.0 Å². The lowest BCUT2D eigenvalue weighted by Gasteiger charge is -2.27. The number of carbonyl (C=O) groups is 2. The molecular weight excluding hydrogens is 308 g/mol. The molecule has 0 aromatic heterocycles. The van der Waals surface area contributed by atoms with Crippen molar-refractivity contribution in [2.45, 2.75) is 12.8 Å². The first kappa shape index (κ1) is 12.8. The van der Waals surface area contributed by atoms with Crippen LogP contribution >= 0.6 is 15.9 Å². The number of nitrogens with one attached hydrogen (secondary N) is 1. The van der Waals surface area contributed by atoms with Crippen LogP contribution in [0, 0.1) is 5.92 Å². The third-order valence-corrected chi connectivity index (χ3v) is 4.33. The fourth-order valence-corrected chi connectivity index (χ4v) is 3.12. The van der Waals surface area contributed by atoms with Crippen molar-refractivity contribution in [1.29, 1.82) is 0 Å². The molecule has 2 heterocycles. The van der Waals surface area contributed by atoms with E-state index in [0.717, 1.165) is 36.1 Å². The van der Waals surface area contributed by atoms with Crippen LogP contribution in [0.1, 0.15) is 23.2 Å². The summed E-state index contributed by atoms with van der Waals surface area (Å²) in [5.74, 6) is -0.286. The Morgan fingerprint density at radius 3 is 2.74 bits per heavy atom. The van der Waals surface area contributed by atoms with Crippen LogP contribution in [0.4, 0.5) is 5.69 Å². The second kappa shape index (κ2) is 5.06. The highest BCUT2D eigenvalue weighted by atomic mass is 79.9. The molecule has 1 saturated heterocycles. The van der Waals surface area contributed by atoms with Crippen molar-refractivity contribution in [3.8, 4) is 0 Å². The second-order valence-corrected chi connectivity index (χ2v) is 6.02. The first-order valence-corrected chi connectivity index (χ1v) is 7.32. The van der Waals surface area contributed by atoms with Crippen LogP contribution in [0.2, 0.25) is 0 Å². The molecule has 3 rings (SSSR count). The van der Waals surface area contributed by atoms with Crippen LogP contribution in [-0.2, 0) is 4.79 Å². The number of hydrogen-bond donors (Lipinski definition) is 1. The Balaban J connectivity index is 1.87. The monoisotopic (exact) mass is 322 g/mol. The van der Waals surface area contributed by atoms with Crippen molar-refractivity contribution in [1.82, 2.24) is 5.32 Å². The largest absolute Gasteiger partial charge is 0.317 e. The molecule has 1 amide bonds. The summed E-state index contributed by atoms with van der Waals surface area (Å²) in [4.78, 5) is 25.7. The Kier molecular flexibility index (Phi) is 3.41. The molecule has 0 saturated carbocycles. The molecule has 0 unspecified atom stereocenters. The number of benzene rings is 1. The van der Waals surface area contributed by atoms with Crippen molar-refractivity contribution >= 4 is 33.3 Å². The molecule has 19 heavy (non-hydrogen) atoms. The summed E-state index contributed by atoms with van der Waals surface area (Å²) in [5, 5.41) is 3.31. The van der Waals surface area contributed by atoms with E-state index in [2.05, 4.69) is 21.2 Å². The maximum atomic E-state index is 12.1. The smallest absolute Gasteiger partial charge is 0.299 e. The lowest BCUT2D eigenvalue weighted by molar-refractivity contribution is -0.114. The molecule has 0 atom stereocenters. The van der Waals surface area contributed by atoms with Crippen molar-refractivity contribution in [3.63, 3.8) is 0 Å². The predicted octanol–water partition coefficient (Wildman–Crippen LogP) is 1.98. The minimum absolute atomic E-state index is 0.378. The Bertz CT molecular complexity index is 538. The number of ketones is 1. The lowest BCUT2D eigenvalue weighted by Crippen LogP contribution is -2.38. The van der Waals surface area contributed by atoms with Crippen molar-refractivity contribution in [2.24, 2.45) is 5.92 Å². The molecule has 100 valence electrons. The number of piperidine rings is 1. The average Bonchev–Trinajstić information content (AvgIpc) is 2.65. The number of Topliss-reactive ketones (excluding diaryl/α,β-unsaturated/α-hetero) is 1. The number of amides is 1. The van der Waals surface area contributed by atoms with E-state index in [1.807, 2.05) is 6.07 Å². The van der Waals surface area contributed by atoms with Crippen molar-refractivity contribution in [3.05, 3.63) is 28.2 Å². The first-order valence-electron chi connectivity index (χ1n) is 6.53. The van der Waals surface area contributed by atoms with Gasteiger partial charge in [-0.15, -0.1) is 0 Å². The van der Waals surface area contributed by atoms with Crippen LogP contribution in [-0.4, -0.2) is 31.3 Å². The zero-order valence-corrected chi connectivity index (χ0v) is 12.1. The number of nitrogens with zero attached hydrogens (tertiary/aromatic N) is 1. The van der Waals surface area contributed by atoms with Gasteiger partial charge in [-0.25, -0.2) is 0 Å². The van der Waals surface area contributed by atoms with Crippen molar-refractivity contribution < 1.29 is 9.59 Å². The maximum absolute atomic E-state index is 12.1. The molecule has 0 aliphatic carbocycles. The molecule has 4 nitrogen and oxygen atoms in total. The van der Waals surface area contributed by atoms with Gasteiger partial charge in [0.05, 0.1) is 11.3 Å². The van der Waals surface area contributed by atoms with E-state index in [-0.39, 0.29) is 11.7 Å². The summed E-state index contributed by atoms with van der Waals surface area (Å²) >= 11 is 3.40. The highest BCUT2D eigenvalue weighted by Gasteiger charge is 2.36. The standard InChI is InChI=1S/C14H15BrN2O2/c15-10-1-2-11-12(7-10)17(14(19)13(11)18)8-9-3-5-16-6-4-9/h1-2,7,9,16H,3-6,8H2. The third kappa shape index (κ3) is 2.32. The molecule has 0 radical (unpaired) electrons. The molecule has 1 N–H and O–H groups in total. The van der Waals surface area contributed by atoms with Gasteiger partial charge in [0.25, 0.3) is 11.7 Å². The van der Waals surface area contributed by atoms with Gasteiger partial charge in [0.15, 0.2) is 0 Å². The van der Waals surface area contributed by atoms with E-state index in [0.29, 0.717) is 18.0 Å². The fraction of sp³-hybridized carbons (Fsp3) is 0.429. The van der Waals surface area contributed by atoms with Gasteiger partial charge in [-0.1, -0.05) is 15.9 Å². The first-order chi connectivity index (χ1) is 9.16. The number of carbonyl (C=O) groups excluding carboxylic acids is 2. The van der Waals surface area contributed by atoms with Crippen LogP contribution < -0.4 is 10.2 Å². The molecular formula is C14H15BrN2O2. The number of halogens is 1. The van der Waals surface area contributed by atoms with Gasteiger partial charge in [0.2, 0.25) is 0 Å². The zero-order chi connectivity index (χ0) is 13.4. The minimum Gasteiger partial charge on any atom is -0.317 e. The van der Waals surface area contributed by atoms with E-state index in [9.17, 15) is 9.59 Å². The zero-order valence-electron chi connectivity index (χ0n) is 10.5. The van der Waals surface area contributed by atoms with Crippen LogP contribution in [0.3, 0.4) is 0 Å². The Labute approximate surface area is 120 Å². The van der Waals surface area contributed by atoms with Crippen LogP contribution in [0.25, 0.3) is 0 Å². The number of rotatable bonds is 2. The molecule has 2 aliphatic rings. The van der Waals surface area contributed by atoms with Gasteiger partial charge >= 0.3 is 0 Å². The summed E-state index contributed by atoms with van der Waals surface area (Å²) in [5.41, 5.74) is 1.28. The van der Waals surface area contributed by atoms with Gasteiger partial charge in [-0.3, -0.25) is 9.59 Å². The quantitative estimate of drug-likeness (QED) is 0.847. The average molecular weight is 323 g/mol. The molecule has 1 fully saturated rings. The Hall–Kier alpha value is -1.20. The predicted molar refractivity (Wildman–Crippen MR) is 76.4 cm³/mol. The molecule has 0 bridgehead atoms. The van der Waals surface area contributed by atoms with Gasteiger partial charge in [-0.05, 0) is 50.0 Å². The van der Waals surface area contributed by atoms with Crippen LogP contribution in [0.15, 0.2) is 22.7 Å². The van der Waals surface area contributed by atoms with Gasteiger partial charge in [0, 0.05) is 11.0 Å². The maximum Gasteiger partial charge on any atom is 0.299 e. The van der Waals surface area contributed by atoms with Crippen molar-refractivity contribution in [2.75, 3.05) is 24.5 Å². The highest BCUT2D eigenvalue weighted by Crippen LogP contribution is 2.33. The van der Waals surface area contributed by atoms with E-state index >= 15 is 0 Å². The van der Waals surface area contributed by atoms with Gasteiger partial charge in [-0.2, -0.15) is 0 Å². The summed E-state index contributed by atoms with van der Waals surface area (Å²) in [6.07, 6.45) is 2.11. The van der Waals surface area contributed by atoms with E-state index in [4.69, 9.17) is 0 Å². The molecule has 1 aromatic carbocycles. The second-order valence-electron chi connectivity index (χ2n) is 5.10. The normalized spacial score (nSPS) is 19.9. The topological polar surface area (TPSA) is 49.4 Å². The summed E-state index contributed by atoms with van der Waals surface area (Å²) in [6.45, 7) is 2.63. The van der Waals surface area contributed by atoms with Gasteiger partial charge in [0.1, 0.15) is 0 Å².